The standard InChI is InChI=1S/C18H23FN6.HI/c1-20-18(24(2)11-13-9-23-25(3)12-13)21-7-6-14-10-22-17-5-4-15(19)8-16(14)17;/h4-5,8-10,12,22H,6-7,11H2,1-3H3,(H,20,21);1H. The van der Waals surface area contributed by atoms with Gasteiger partial charge in [0.05, 0.1) is 6.20 Å². The first-order chi connectivity index (χ1) is 12.1. The molecule has 2 N–H and O–H groups in total. The number of aromatic amines is 1. The van der Waals surface area contributed by atoms with Gasteiger partial charge in [-0.3, -0.25) is 9.67 Å². The van der Waals surface area contributed by atoms with Gasteiger partial charge in [0.1, 0.15) is 5.82 Å². The Hall–Kier alpha value is -2.10. The quantitative estimate of drug-likeness (QED) is 0.343. The average molecular weight is 470 g/mol. The summed E-state index contributed by atoms with van der Waals surface area (Å²) in [4.78, 5) is 9.55. The molecule has 0 amide bonds. The number of halogens is 2. The number of fused-ring (bicyclic) bond motifs is 1. The first kappa shape index (κ1) is 20.2. The summed E-state index contributed by atoms with van der Waals surface area (Å²) in [6.07, 6.45) is 6.56. The molecule has 8 heteroatoms. The maximum Gasteiger partial charge on any atom is 0.193 e. The van der Waals surface area contributed by atoms with Crippen LogP contribution in [0.2, 0.25) is 0 Å². The molecule has 0 aliphatic heterocycles. The summed E-state index contributed by atoms with van der Waals surface area (Å²) in [6.45, 7) is 1.44. The van der Waals surface area contributed by atoms with Gasteiger partial charge in [0.25, 0.3) is 0 Å². The van der Waals surface area contributed by atoms with Crippen LogP contribution in [0.3, 0.4) is 0 Å². The molecule has 0 radical (unpaired) electrons. The summed E-state index contributed by atoms with van der Waals surface area (Å²) in [5, 5.41) is 8.47. The van der Waals surface area contributed by atoms with E-state index in [1.807, 2.05) is 37.6 Å². The van der Waals surface area contributed by atoms with Gasteiger partial charge in [0.2, 0.25) is 0 Å². The molecule has 2 heterocycles. The fraction of sp³-hybridized carbons (Fsp3) is 0.333. The van der Waals surface area contributed by atoms with Crippen LogP contribution in [0.1, 0.15) is 11.1 Å². The van der Waals surface area contributed by atoms with Crippen molar-refractivity contribution < 1.29 is 4.39 Å². The number of rotatable bonds is 5. The Balaban J connectivity index is 0.00000243. The van der Waals surface area contributed by atoms with Gasteiger partial charge in [-0.25, -0.2) is 4.39 Å². The number of H-pyrrole nitrogens is 1. The van der Waals surface area contributed by atoms with E-state index < -0.39 is 0 Å². The van der Waals surface area contributed by atoms with Gasteiger partial charge in [-0.2, -0.15) is 5.10 Å². The minimum atomic E-state index is -0.215. The van der Waals surface area contributed by atoms with Crippen LogP contribution in [0.25, 0.3) is 10.9 Å². The molecule has 0 bridgehead atoms. The fourth-order valence-electron chi connectivity index (χ4n) is 2.95. The van der Waals surface area contributed by atoms with Crippen LogP contribution in [-0.2, 0) is 20.0 Å². The molecule has 0 fully saturated rings. The van der Waals surface area contributed by atoms with E-state index in [1.165, 1.54) is 6.07 Å². The highest BCUT2D eigenvalue weighted by Crippen LogP contribution is 2.19. The van der Waals surface area contributed by atoms with Gasteiger partial charge in [-0.05, 0) is 30.2 Å². The van der Waals surface area contributed by atoms with Gasteiger partial charge >= 0.3 is 0 Å². The third kappa shape index (κ3) is 4.75. The van der Waals surface area contributed by atoms with E-state index in [0.717, 1.165) is 41.0 Å². The van der Waals surface area contributed by atoms with Crippen LogP contribution in [-0.4, -0.2) is 46.3 Å². The van der Waals surface area contributed by atoms with Crippen molar-refractivity contribution in [1.29, 1.82) is 0 Å². The van der Waals surface area contributed by atoms with Crippen LogP contribution in [0, 0.1) is 5.82 Å². The molecular formula is C18H24FIN6. The average Bonchev–Trinajstić information content (AvgIpc) is 3.17. The number of nitrogens with one attached hydrogen (secondary N) is 2. The van der Waals surface area contributed by atoms with Crippen molar-refractivity contribution in [1.82, 2.24) is 25.0 Å². The first-order valence-electron chi connectivity index (χ1n) is 8.21. The third-order valence-electron chi connectivity index (χ3n) is 4.16. The lowest BCUT2D eigenvalue weighted by Gasteiger charge is -2.21. The van der Waals surface area contributed by atoms with Crippen molar-refractivity contribution in [3.63, 3.8) is 0 Å². The summed E-state index contributed by atoms with van der Waals surface area (Å²) in [5.74, 6) is 0.600. The summed E-state index contributed by atoms with van der Waals surface area (Å²) >= 11 is 0. The molecule has 0 saturated carbocycles. The SMILES string of the molecule is CN=C(NCCc1c[nH]c2ccc(F)cc12)N(C)Cc1cnn(C)c1.I. The fourth-order valence-corrected chi connectivity index (χ4v) is 2.95. The molecule has 0 aliphatic carbocycles. The second-order valence-corrected chi connectivity index (χ2v) is 6.11. The van der Waals surface area contributed by atoms with Crippen molar-refractivity contribution in [3.8, 4) is 0 Å². The highest BCUT2D eigenvalue weighted by Gasteiger charge is 2.09. The minimum absolute atomic E-state index is 0. The molecule has 0 saturated heterocycles. The maximum atomic E-state index is 13.5. The Morgan fingerprint density at radius 2 is 2.23 bits per heavy atom. The van der Waals surface area contributed by atoms with Crippen LogP contribution in [0.5, 0.6) is 0 Å². The molecule has 1 aromatic carbocycles. The van der Waals surface area contributed by atoms with Crippen molar-refractivity contribution >= 4 is 40.8 Å². The van der Waals surface area contributed by atoms with E-state index in [0.29, 0.717) is 6.54 Å². The summed E-state index contributed by atoms with van der Waals surface area (Å²) in [7, 11) is 5.66. The minimum Gasteiger partial charge on any atom is -0.361 e. The van der Waals surface area contributed by atoms with E-state index in [-0.39, 0.29) is 29.8 Å². The largest absolute Gasteiger partial charge is 0.361 e. The molecule has 26 heavy (non-hydrogen) atoms. The molecule has 0 spiro atoms. The number of nitrogens with zero attached hydrogens (tertiary/aromatic N) is 4. The smallest absolute Gasteiger partial charge is 0.193 e. The van der Waals surface area contributed by atoms with Crippen molar-refractivity contribution in [2.45, 2.75) is 13.0 Å². The summed E-state index contributed by atoms with van der Waals surface area (Å²) in [6, 6.07) is 4.81. The van der Waals surface area contributed by atoms with E-state index >= 15 is 0 Å². The number of aliphatic imine (C=N–C) groups is 1. The zero-order chi connectivity index (χ0) is 17.8. The third-order valence-corrected chi connectivity index (χ3v) is 4.16. The number of aromatic nitrogens is 3. The maximum absolute atomic E-state index is 13.5. The van der Waals surface area contributed by atoms with Crippen LogP contribution in [0.15, 0.2) is 41.8 Å². The number of guanidine groups is 1. The number of benzene rings is 1. The molecule has 2 aromatic heterocycles. The second kappa shape index (κ2) is 9.02. The highest BCUT2D eigenvalue weighted by atomic mass is 127. The summed E-state index contributed by atoms with van der Waals surface area (Å²) in [5.41, 5.74) is 3.17. The Morgan fingerprint density at radius 3 is 2.92 bits per heavy atom. The molecule has 140 valence electrons. The summed E-state index contributed by atoms with van der Waals surface area (Å²) < 4.78 is 15.2. The predicted octanol–water partition coefficient (Wildman–Crippen LogP) is 2.91. The normalized spacial score (nSPS) is 11.5. The topological polar surface area (TPSA) is 61.2 Å². The lowest BCUT2D eigenvalue weighted by molar-refractivity contribution is 0.477. The number of hydrogen-bond acceptors (Lipinski definition) is 2. The molecule has 6 nitrogen and oxygen atoms in total. The van der Waals surface area contributed by atoms with Crippen molar-refractivity contribution in [2.75, 3.05) is 20.6 Å². The zero-order valence-electron chi connectivity index (χ0n) is 15.2. The van der Waals surface area contributed by atoms with E-state index in [1.54, 1.807) is 23.9 Å². The van der Waals surface area contributed by atoms with Gasteiger partial charge < -0.3 is 15.2 Å². The number of hydrogen-bond donors (Lipinski definition) is 2. The molecule has 3 aromatic rings. The number of aryl methyl sites for hydroxylation is 1. The molecular weight excluding hydrogens is 446 g/mol. The van der Waals surface area contributed by atoms with E-state index in [4.69, 9.17) is 0 Å². The lowest BCUT2D eigenvalue weighted by Crippen LogP contribution is -2.39. The van der Waals surface area contributed by atoms with Gasteiger partial charge in [0, 0.05) is 63.1 Å². The first-order valence-corrected chi connectivity index (χ1v) is 8.21. The molecule has 0 aliphatic rings. The van der Waals surface area contributed by atoms with Crippen LogP contribution < -0.4 is 5.32 Å². The zero-order valence-corrected chi connectivity index (χ0v) is 17.5. The van der Waals surface area contributed by atoms with Crippen LogP contribution >= 0.6 is 24.0 Å². The van der Waals surface area contributed by atoms with Crippen molar-refractivity contribution in [3.05, 3.63) is 53.7 Å². The van der Waals surface area contributed by atoms with Gasteiger partial charge in [-0.1, -0.05) is 0 Å². The lowest BCUT2D eigenvalue weighted by atomic mass is 10.1. The Morgan fingerprint density at radius 1 is 1.42 bits per heavy atom. The van der Waals surface area contributed by atoms with E-state index in [9.17, 15) is 4.39 Å². The second-order valence-electron chi connectivity index (χ2n) is 6.11. The van der Waals surface area contributed by atoms with Gasteiger partial charge in [0.15, 0.2) is 5.96 Å². The Labute approximate surface area is 169 Å². The van der Waals surface area contributed by atoms with Gasteiger partial charge in [-0.15, -0.1) is 24.0 Å². The van der Waals surface area contributed by atoms with Crippen LogP contribution in [0.4, 0.5) is 4.39 Å². The Bertz CT molecular complexity index is 885. The molecule has 3 rings (SSSR count). The molecule has 0 unspecified atom stereocenters. The monoisotopic (exact) mass is 470 g/mol. The molecule has 0 atom stereocenters. The van der Waals surface area contributed by atoms with E-state index in [2.05, 4.69) is 20.4 Å². The Kier molecular flexibility index (Phi) is 7.01. The van der Waals surface area contributed by atoms with Crippen molar-refractivity contribution in [2.24, 2.45) is 12.0 Å². The predicted molar refractivity (Wildman–Crippen MR) is 113 cm³/mol. The highest BCUT2D eigenvalue weighted by molar-refractivity contribution is 14.0.